The first kappa shape index (κ1) is 16.5. The van der Waals surface area contributed by atoms with Crippen molar-refractivity contribution >= 4 is 44.8 Å². The number of halogens is 1. The van der Waals surface area contributed by atoms with Crippen LogP contribution in [0.4, 0.5) is 0 Å². The Morgan fingerprint density at radius 3 is 2.32 bits per heavy atom. The standard InChI is InChI=1S/C15H11IO5S/c1-2-10-3-6-12(7-4-10)22(19,20)21-14-8-5-11(15(17)18)9-13(14)16/h2-9H,1H2,(H,17,18). The normalized spacial score (nSPS) is 11.0. The van der Waals surface area contributed by atoms with Crippen LogP contribution in [0.1, 0.15) is 15.9 Å². The van der Waals surface area contributed by atoms with Gasteiger partial charge in [-0.05, 0) is 58.5 Å². The maximum Gasteiger partial charge on any atom is 0.339 e. The van der Waals surface area contributed by atoms with Gasteiger partial charge >= 0.3 is 16.1 Å². The largest absolute Gasteiger partial charge is 0.478 e. The molecular formula is C15H11IO5S. The summed E-state index contributed by atoms with van der Waals surface area (Å²) in [5, 5.41) is 8.89. The molecule has 0 saturated heterocycles. The molecule has 5 nitrogen and oxygen atoms in total. The van der Waals surface area contributed by atoms with Crippen molar-refractivity contribution in [2.75, 3.05) is 0 Å². The lowest BCUT2D eigenvalue weighted by Crippen LogP contribution is -2.11. The number of aromatic carboxylic acids is 1. The predicted octanol–water partition coefficient (Wildman–Crippen LogP) is 3.40. The quantitative estimate of drug-likeness (QED) is 0.581. The van der Waals surface area contributed by atoms with Crippen LogP contribution >= 0.6 is 22.6 Å². The zero-order chi connectivity index (χ0) is 16.3. The average molecular weight is 430 g/mol. The first-order chi connectivity index (χ1) is 10.3. The van der Waals surface area contributed by atoms with E-state index in [1.54, 1.807) is 18.2 Å². The zero-order valence-corrected chi connectivity index (χ0v) is 14.2. The van der Waals surface area contributed by atoms with Gasteiger partial charge in [0.1, 0.15) is 4.90 Å². The number of hydrogen-bond donors (Lipinski definition) is 1. The van der Waals surface area contributed by atoms with Gasteiger partial charge in [0.15, 0.2) is 5.75 Å². The Hall–Kier alpha value is -1.87. The van der Waals surface area contributed by atoms with Gasteiger partial charge in [-0.25, -0.2) is 4.79 Å². The van der Waals surface area contributed by atoms with E-state index in [-0.39, 0.29) is 16.2 Å². The van der Waals surface area contributed by atoms with Crippen molar-refractivity contribution in [1.29, 1.82) is 0 Å². The Labute approximate surface area is 141 Å². The van der Waals surface area contributed by atoms with Crippen molar-refractivity contribution in [1.82, 2.24) is 0 Å². The van der Waals surface area contributed by atoms with E-state index in [1.165, 1.54) is 30.3 Å². The molecule has 0 amide bonds. The van der Waals surface area contributed by atoms with Crippen molar-refractivity contribution in [3.63, 3.8) is 0 Å². The Balaban J connectivity index is 2.31. The van der Waals surface area contributed by atoms with Crippen LogP contribution in [0.15, 0.2) is 53.9 Å². The van der Waals surface area contributed by atoms with Crippen molar-refractivity contribution in [2.45, 2.75) is 4.90 Å². The van der Waals surface area contributed by atoms with Gasteiger partial charge in [-0.1, -0.05) is 24.8 Å². The third-order valence-corrected chi connectivity index (χ3v) is 4.87. The van der Waals surface area contributed by atoms with Crippen LogP contribution in [-0.2, 0) is 10.1 Å². The van der Waals surface area contributed by atoms with Gasteiger partial charge in [-0.3, -0.25) is 0 Å². The highest BCUT2D eigenvalue weighted by Gasteiger charge is 2.18. The molecule has 1 N–H and O–H groups in total. The summed E-state index contributed by atoms with van der Waals surface area (Å²) in [5.74, 6) is -1.01. The molecule has 0 atom stereocenters. The van der Waals surface area contributed by atoms with Gasteiger partial charge in [-0.15, -0.1) is 0 Å². The molecule has 2 aromatic rings. The monoisotopic (exact) mass is 430 g/mol. The Morgan fingerprint density at radius 1 is 1.18 bits per heavy atom. The fraction of sp³-hybridized carbons (Fsp3) is 0. The van der Waals surface area contributed by atoms with Crippen molar-refractivity contribution in [2.24, 2.45) is 0 Å². The predicted molar refractivity (Wildman–Crippen MR) is 90.5 cm³/mol. The van der Waals surface area contributed by atoms with Crippen LogP contribution in [0.3, 0.4) is 0 Å². The minimum atomic E-state index is -3.98. The minimum absolute atomic E-state index is 0.0104. The molecule has 0 fully saturated rings. The summed E-state index contributed by atoms with van der Waals surface area (Å²) in [6.45, 7) is 3.59. The van der Waals surface area contributed by atoms with Crippen LogP contribution in [0, 0.1) is 3.57 Å². The van der Waals surface area contributed by atoms with Gasteiger partial charge in [-0.2, -0.15) is 8.42 Å². The third-order valence-electron chi connectivity index (χ3n) is 2.78. The summed E-state index contributed by atoms with van der Waals surface area (Å²) in [6, 6.07) is 10.0. The fourth-order valence-corrected chi connectivity index (χ4v) is 3.36. The molecule has 0 spiro atoms. The summed E-state index contributed by atoms with van der Waals surface area (Å²) in [6.07, 6.45) is 1.60. The molecule has 0 aromatic heterocycles. The topological polar surface area (TPSA) is 80.7 Å². The number of carbonyl (C=O) groups is 1. The molecule has 0 heterocycles. The second-order valence-electron chi connectivity index (χ2n) is 4.26. The highest BCUT2D eigenvalue weighted by molar-refractivity contribution is 14.1. The second-order valence-corrected chi connectivity index (χ2v) is 6.97. The van der Waals surface area contributed by atoms with Crippen molar-refractivity contribution < 1.29 is 22.5 Å². The molecule has 0 aliphatic rings. The van der Waals surface area contributed by atoms with E-state index in [9.17, 15) is 13.2 Å². The first-order valence-corrected chi connectivity index (χ1v) is 8.52. The Kier molecular flexibility index (Phi) is 4.87. The second kappa shape index (κ2) is 6.49. The van der Waals surface area contributed by atoms with Gasteiger partial charge < -0.3 is 9.29 Å². The Bertz CT molecular complexity index is 826. The number of carboxylic acid groups (broad SMARTS) is 1. The number of benzene rings is 2. The number of carboxylic acids is 1. The third kappa shape index (κ3) is 3.66. The molecule has 7 heteroatoms. The SMILES string of the molecule is C=Cc1ccc(S(=O)(=O)Oc2ccc(C(=O)O)cc2I)cc1. The van der Waals surface area contributed by atoms with Crippen LogP contribution in [0.5, 0.6) is 5.75 Å². The molecular weight excluding hydrogens is 419 g/mol. The van der Waals surface area contributed by atoms with Crippen LogP contribution < -0.4 is 4.18 Å². The summed E-state index contributed by atoms with van der Waals surface area (Å²) in [7, 11) is -3.98. The summed E-state index contributed by atoms with van der Waals surface area (Å²) in [4.78, 5) is 10.9. The Morgan fingerprint density at radius 2 is 1.82 bits per heavy atom. The van der Waals surface area contributed by atoms with Gasteiger partial charge in [0, 0.05) is 0 Å². The molecule has 0 aliphatic carbocycles. The molecule has 0 aliphatic heterocycles. The fourth-order valence-electron chi connectivity index (χ4n) is 1.64. The smallest absolute Gasteiger partial charge is 0.339 e. The molecule has 2 aromatic carbocycles. The van der Waals surface area contributed by atoms with E-state index >= 15 is 0 Å². The van der Waals surface area contributed by atoms with E-state index in [1.807, 2.05) is 22.6 Å². The average Bonchev–Trinajstić information content (AvgIpc) is 2.49. The number of hydrogen-bond acceptors (Lipinski definition) is 4. The van der Waals surface area contributed by atoms with E-state index < -0.39 is 16.1 Å². The first-order valence-electron chi connectivity index (χ1n) is 6.03. The highest BCUT2D eigenvalue weighted by atomic mass is 127. The van der Waals surface area contributed by atoms with Gasteiger partial charge in [0.05, 0.1) is 9.13 Å². The molecule has 0 radical (unpaired) electrons. The lowest BCUT2D eigenvalue weighted by Gasteiger charge is -2.09. The molecule has 114 valence electrons. The van der Waals surface area contributed by atoms with Crippen molar-refractivity contribution in [3.05, 3.63) is 63.7 Å². The van der Waals surface area contributed by atoms with E-state index in [0.29, 0.717) is 3.57 Å². The zero-order valence-electron chi connectivity index (χ0n) is 11.2. The molecule has 22 heavy (non-hydrogen) atoms. The van der Waals surface area contributed by atoms with E-state index in [2.05, 4.69) is 6.58 Å². The number of rotatable bonds is 5. The van der Waals surface area contributed by atoms with E-state index in [0.717, 1.165) is 5.56 Å². The maximum absolute atomic E-state index is 12.2. The summed E-state index contributed by atoms with van der Waals surface area (Å²) < 4.78 is 29.9. The van der Waals surface area contributed by atoms with Crippen molar-refractivity contribution in [3.8, 4) is 5.75 Å². The summed E-state index contributed by atoms with van der Waals surface area (Å²) >= 11 is 1.82. The van der Waals surface area contributed by atoms with Crippen LogP contribution in [0.25, 0.3) is 6.08 Å². The highest BCUT2D eigenvalue weighted by Crippen LogP contribution is 2.26. The lowest BCUT2D eigenvalue weighted by molar-refractivity contribution is 0.0697. The van der Waals surface area contributed by atoms with Crippen LogP contribution in [0.2, 0.25) is 0 Å². The molecule has 2 rings (SSSR count). The van der Waals surface area contributed by atoms with Gasteiger partial charge in [0.25, 0.3) is 0 Å². The summed E-state index contributed by atoms with van der Waals surface area (Å²) in [5.41, 5.74) is 0.851. The maximum atomic E-state index is 12.2. The van der Waals surface area contributed by atoms with Crippen LogP contribution in [-0.4, -0.2) is 19.5 Å². The minimum Gasteiger partial charge on any atom is -0.478 e. The molecule has 0 bridgehead atoms. The molecule has 0 unspecified atom stereocenters. The van der Waals surface area contributed by atoms with Gasteiger partial charge in [0.2, 0.25) is 0 Å². The lowest BCUT2D eigenvalue weighted by atomic mass is 10.2. The molecule has 0 saturated carbocycles. The van der Waals surface area contributed by atoms with E-state index in [4.69, 9.17) is 9.29 Å².